The fourth-order valence-electron chi connectivity index (χ4n) is 1.95. The van der Waals surface area contributed by atoms with Crippen molar-refractivity contribution in [2.75, 3.05) is 19.6 Å². The lowest BCUT2D eigenvalue weighted by Crippen LogP contribution is -2.43. The summed E-state index contributed by atoms with van der Waals surface area (Å²) in [4.78, 5) is 13.9. The maximum atomic E-state index is 11.6. The van der Waals surface area contributed by atoms with E-state index in [1.165, 1.54) is 5.56 Å². The Balaban J connectivity index is 0.00000324. The number of thiophene rings is 1. The van der Waals surface area contributed by atoms with E-state index in [1.807, 2.05) is 0 Å². The molecule has 1 aromatic rings. The average molecular weight is 306 g/mol. The minimum atomic E-state index is -0.454. The van der Waals surface area contributed by atoms with E-state index in [2.05, 4.69) is 40.9 Å². The second kappa shape index (κ2) is 9.31. The Morgan fingerprint density at radius 3 is 2.53 bits per heavy atom. The van der Waals surface area contributed by atoms with E-state index in [0.29, 0.717) is 6.54 Å². The van der Waals surface area contributed by atoms with Crippen molar-refractivity contribution >= 4 is 29.7 Å². The second-order valence-electron chi connectivity index (χ2n) is 4.33. The zero-order chi connectivity index (χ0) is 13.5. The average Bonchev–Trinajstić information content (AvgIpc) is 2.87. The van der Waals surface area contributed by atoms with Crippen molar-refractivity contribution < 1.29 is 4.79 Å². The first kappa shape index (κ1) is 18.4. The van der Waals surface area contributed by atoms with Crippen molar-refractivity contribution in [2.24, 2.45) is 5.73 Å². The van der Waals surface area contributed by atoms with Crippen LogP contribution in [0.5, 0.6) is 0 Å². The molecule has 0 saturated carbocycles. The summed E-state index contributed by atoms with van der Waals surface area (Å²) in [5.74, 6) is -0.0950. The molecule has 1 amide bonds. The fourth-order valence-corrected chi connectivity index (χ4v) is 2.65. The number of nitrogens with two attached hydrogens (primary N) is 1. The highest BCUT2D eigenvalue weighted by atomic mass is 35.5. The molecule has 3 N–H and O–H groups in total. The smallest absolute Gasteiger partial charge is 0.236 e. The largest absolute Gasteiger partial charge is 0.353 e. The Kier molecular flexibility index (Phi) is 9.01. The number of halogens is 1. The molecule has 0 spiro atoms. The molecule has 1 heterocycles. The van der Waals surface area contributed by atoms with E-state index in [-0.39, 0.29) is 24.4 Å². The normalized spacial score (nSPS) is 13.7. The van der Waals surface area contributed by atoms with Gasteiger partial charge in [0.2, 0.25) is 5.91 Å². The van der Waals surface area contributed by atoms with Crippen molar-refractivity contribution in [2.45, 2.75) is 32.9 Å². The molecule has 6 heteroatoms. The highest BCUT2D eigenvalue weighted by Gasteiger charge is 2.19. The van der Waals surface area contributed by atoms with Gasteiger partial charge in [0.05, 0.1) is 12.1 Å². The van der Waals surface area contributed by atoms with Gasteiger partial charge in [-0.3, -0.25) is 9.69 Å². The van der Waals surface area contributed by atoms with Crippen LogP contribution in [0.2, 0.25) is 0 Å². The van der Waals surface area contributed by atoms with E-state index in [1.54, 1.807) is 18.3 Å². The molecular weight excluding hydrogens is 282 g/mol. The molecule has 0 fully saturated rings. The molecule has 2 atom stereocenters. The second-order valence-corrected chi connectivity index (χ2v) is 5.11. The van der Waals surface area contributed by atoms with E-state index in [0.717, 1.165) is 13.1 Å². The third-order valence-corrected chi connectivity index (χ3v) is 3.77. The number of nitrogens with one attached hydrogen (secondary N) is 1. The summed E-state index contributed by atoms with van der Waals surface area (Å²) in [6.45, 7) is 8.51. The van der Waals surface area contributed by atoms with Gasteiger partial charge in [-0.2, -0.15) is 11.3 Å². The molecule has 0 aromatic carbocycles. The van der Waals surface area contributed by atoms with Gasteiger partial charge in [-0.1, -0.05) is 13.8 Å². The van der Waals surface area contributed by atoms with Crippen LogP contribution in [0.3, 0.4) is 0 Å². The Hall–Kier alpha value is -0.620. The van der Waals surface area contributed by atoms with Crippen molar-refractivity contribution in [3.63, 3.8) is 0 Å². The predicted molar refractivity (Wildman–Crippen MR) is 83.9 cm³/mol. The first-order valence-corrected chi connectivity index (χ1v) is 7.33. The summed E-state index contributed by atoms with van der Waals surface area (Å²) in [6.07, 6.45) is 0. The van der Waals surface area contributed by atoms with Crippen molar-refractivity contribution in [1.82, 2.24) is 10.2 Å². The Labute approximate surface area is 125 Å². The quantitative estimate of drug-likeness (QED) is 0.810. The molecule has 0 aliphatic heterocycles. The number of hydrogen-bond donors (Lipinski definition) is 2. The zero-order valence-corrected chi connectivity index (χ0v) is 13.4. The lowest BCUT2D eigenvalue weighted by atomic mass is 10.1. The summed E-state index contributed by atoms with van der Waals surface area (Å²) in [5, 5.41) is 7.13. The van der Waals surface area contributed by atoms with Gasteiger partial charge in [0.15, 0.2) is 0 Å². The van der Waals surface area contributed by atoms with Gasteiger partial charge >= 0.3 is 0 Å². The topological polar surface area (TPSA) is 58.4 Å². The van der Waals surface area contributed by atoms with Crippen LogP contribution in [0.4, 0.5) is 0 Å². The SMILES string of the molecule is CCN(CC)C(CNC(=O)C(C)N)c1ccsc1.Cl. The molecule has 2 unspecified atom stereocenters. The van der Waals surface area contributed by atoms with Crippen LogP contribution in [-0.4, -0.2) is 36.5 Å². The standard InChI is InChI=1S/C13H23N3OS.ClH/c1-4-16(5-2)12(11-6-7-18-9-11)8-15-13(17)10(3)14;/h6-7,9-10,12H,4-5,8,14H2,1-3H3,(H,15,17);1H. The van der Waals surface area contributed by atoms with Gasteiger partial charge in [0, 0.05) is 6.54 Å². The monoisotopic (exact) mass is 305 g/mol. The number of hydrogen-bond acceptors (Lipinski definition) is 4. The molecule has 0 saturated heterocycles. The van der Waals surface area contributed by atoms with E-state index in [9.17, 15) is 4.79 Å². The van der Waals surface area contributed by atoms with E-state index in [4.69, 9.17) is 5.73 Å². The molecule has 1 aromatic heterocycles. The summed E-state index contributed by atoms with van der Waals surface area (Å²) in [6, 6.07) is 1.89. The highest BCUT2D eigenvalue weighted by molar-refractivity contribution is 7.07. The molecule has 0 radical (unpaired) electrons. The van der Waals surface area contributed by atoms with Crippen molar-refractivity contribution in [3.8, 4) is 0 Å². The Bertz CT molecular complexity index is 353. The summed E-state index contributed by atoms with van der Waals surface area (Å²) in [7, 11) is 0. The minimum Gasteiger partial charge on any atom is -0.353 e. The van der Waals surface area contributed by atoms with E-state index < -0.39 is 6.04 Å². The van der Waals surface area contributed by atoms with Gasteiger partial charge in [-0.25, -0.2) is 0 Å². The third kappa shape index (κ3) is 5.48. The van der Waals surface area contributed by atoms with Gasteiger partial charge in [0.25, 0.3) is 0 Å². The number of amides is 1. The lowest BCUT2D eigenvalue weighted by molar-refractivity contribution is -0.122. The Morgan fingerprint density at radius 1 is 1.47 bits per heavy atom. The first-order chi connectivity index (χ1) is 8.60. The highest BCUT2D eigenvalue weighted by Crippen LogP contribution is 2.22. The lowest BCUT2D eigenvalue weighted by Gasteiger charge is -2.29. The van der Waals surface area contributed by atoms with Gasteiger partial charge in [-0.05, 0) is 42.4 Å². The van der Waals surface area contributed by atoms with Gasteiger partial charge in [0.1, 0.15) is 0 Å². The van der Waals surface area contributed by atoms with Gasteiger partial charge < -0.3 is 11.1 Å². The Morgan fingerprint density at radius 2 is 2.11 bits per heavy atom. The molecule has 19 heavy (non-hydrogen) atoms. The number of carbonyl (C=O) groups excluding carboxylic acids is 1. The molecule has 1 rings (SSSR count). The van der Waals surface area contributed by atoms with Crippen LogP contribution in [0, 0.1) is 0 Å². The summed E-state index contributed by atoms with van der Waals surface area (Å²) >= 11 is 1.68. The third-order valence-electron chi connectivity index (χ3n) is 3.06. The maximum absolute atomic E-state index is 11.6. The zero-order valence-electron chi connectivity index (χ0n) is 11.8. The molecule has 0 bridgehead atoms. The van der Waals surface area contributed by atoms with Crippen LogP contribution in [0.25, 0.3) is 0 Å². The number of carbonyl (C=O) groups is 1. The molecule has 4 nitrogen and oxygen atoms in total. The number of rotatable bonds is 7. The maximum Gasteiger partial charge on any atom is 0.236 e. The summed E-state index contributed by atoms with van der Waals surface area (Å²) in [5.41, 5.74) is 6.82. The summed E-state index contributed by atoms with van der Waals surface area (Å²) < 4.78 is 0. The van der Waals surface area contributed by atoms with Gasteiger partial charge in [-0.15, -0.1) is 12.4 Å². The van der Waals surface area contributed by atoms with Crippen LogP contribution >= 0.6 is 23.7 Å². The molecule has 0 aliphatic rings. The van der Waals surface area contributed by atoms with Crippen LogP contribution in [0.15, 0.2) is 16.8 Å². The van der Waals surface area contributed by atoms with Crippen molar-refractivity contribution in [1.29, 1.82) is 0 Å². The molecule has 110 valence electrons. The molecule has 0 aliphatic carbocycles. The number of nitrogens with zero attached hydrogens (tertiary/aromatic N) is 1. The van der Waals surface area contributed by atoms with Crippen LogP contribution in [0.1, 0.15) is 32.4 Å². The molecular formula is C13H24ClN3OS. The number of likely N-dealkylation sites (N-methyl/N-ethyl adjacent to an activating group) is 1. The predicted octanol–water partition coefficient (Wildman–Crippen LogP) is 2.02. The van der Waals surface area contributed by atoms with E-state index >= 15 is 0 Å². The van der Waals surface area contributed by atoms with Crippen LogP contribution < -0.4 is 11.1 Å². The van der Waals surface area contributed by atoms with Crippen molar-refractivity contribution in [3.05, 3.63) is 22.4 Å². The minimum absolute atomic E-state index is 0. The fraction of sp³-hybridized carbons (Fsp3) is 0.615. The van der Waals surface area contributed by atoms with Crippen LogP contribution in [-0.2, 0) is 4.79 Å². The first-order valence-electron chi connectivity index (χ1n) is 6.39.